The molecule has 18 heavy (non-hydrogen) atoms. The molecule has 0 amide bonds. The Morgan fingerprint density at radius 1 is 1.39 bits per heavy atom. The topological polar surface area (TPSA) is 49.4 Å². The SMILES string of the molecule is CNCCCS(=O)(=O)N1CC=C(C(C)(C)C)CC1. The van der Waals surface area contributed by atoms with Gasteiger partial charge in [0.05, 0.1) is 5.75 Å². The predicted molar refractivity (Wildman–Crippen MR) is 76.1 cm³/mol. The standard InChI is InChI=1S/C13H26N2O2S/c1-13(2,3)12-6-9-15(10-7-12)18(16,17)11-5-8-14-4/h6,14H,5,7-11H2,1-4H3. The van der Waals surface area contributed by atoms with Crippen molar-refractivity contribution in [2.75, 3.05) is 32.4 Å². The molecule has 0 radical (unpaired) electrons. The van der Waals surface area contributed by atoms with Gasteiger partial charge in [-0.1, -0.05) is 32.4 Å². The molecule has 0 aromatic rings. The molecule has 0 unspecified atom stereocenters. The molecule has 1 heterocycles. The molecule has 0 aromatic heterocycles. The lowest BCUT2D eigenvalue weighted by Gasteiger charge is -2.31. The van der Waals surface area contributed by atoms with E-state index in [-0.39, 0.29) is 11.2 Å². The molecule has 0 spiro atoms. The lowest BCUT2D eigenvalue weighted by Crippen LogP contribution is -2.38. The molecule has 0 atom stereocenters. The van der Waals surface area contributed by atoms with Gasteiger partial charge in [-0.3, -0.25) is 0 Å². The van der Waals surface area contributed by atoms with Crippen LogP contribution in [0.1, 0.15) is 33.6 Å². The Balaban J connectivity index is 2.59. The molecular formula is C13H26N2O2S. The summed E-state index contributed by atoms with van der Waals surface area (Å²) in [6, 6.07) is 0. The number of nitrogens with one attached hydrogen (secondary N) is 1. The monoisotopic (exact) mass is 274 g/mol. The Bertz CT molecular complexity index is 394. The normalized spacial score (nSPS) is 18.8. The van der Waals surface area contributed by atoms with E-state index in [0.717, 1.165) is 13.0 Å². The summed E-state index contributed by atoms with van der Waals surface area (Å²) in [4.78, 5) is 0. The molecule has 4 nitrogen and oxygen atoms in total. The predicted octanol–water partition coefficient (Wildman–Crippen LogP) is 1.60. The van der Waals surface area contributed by atoms with E-state index in [1.54, 1.807) is 4.31 Å². The second kappa shape index (κ2) is 6.17. The highest BCUT2D eigenvalue weighted by molar-refractivity contribution is 7.89. The van der Waals surface area contributed by atoms with Crippen LogP contribution in [0.15, 0.2) is 11.6 Å². The Kier molecular flexibility index (Phi) is 5.37. The van der Waals surface area contributed by atoms with Gasteiger partial charge in [0.2, 0.25) is 10.0 Å². The van der Waals surface area contributed by atoms with Crippen molar-refractivity contribution in [3.63, 3.8) is 0 Å². The van der Waals surface area contributed by atoms with E-state index in [1.807, 2.05) is 7.05 Å². The molecule has 0 aliphatic carbocycles. The van der Waals surface area contributed by atoms with Crippen LogP contribution in [0.4, 0.5) is 0 Å². The molecule has 0 bridgehead atoms. The van der Waals surface area contributed by atoms with Crippen molar-refractivity contribution in [1.29, 1.82) is 0 Å². The van der Waals surface area contributed by atoms with Crippen molar-refractivity contribution in [3.05, 3.63) is 11.6 Å². The van der Waals surface area contributed by atoms with E-state index in [2.05, 4.69) is 32.2 Å². The maximum Gasteiger partial charge on any atom is 0.214 e. The molecule has 5 heteroatoms. The van der Waals surface area contributed by atoms with Gasteiger partial charge in [-0.2, -0.15) is 4.31 Å². The van der Waals surface area contributed by atoms with Crippen molar-refractivity contribution in [3.8, 4) is 0 Å². The lowest BCUT2D eigenvalue weighted by molar-refractivity contribution is 0.389. The third-order valence-corrected chi connectivity index (χ3v) is 5.28. The van der Waals surface area contributed by atoms with Gasteiger partial charge in [0.1, 0.15) is 0 Å². The minimum atomic E-state index is -3.08. The first-order chi connectivity index (χ1) is 8.27. The first kappa shape index (κ1) is 15.7. The molecule has 1 rings (SSSR count). The number of hydrogen-bond acceptors (Lipinski definition) is 3. The summed E-state index contributed by atoms with van der Waals surface area (Å²) in [7, 11) is -1.24. The highest BCUT2D eigenvalue weighted by Gasteiger charge is 2.27. The quantitative estimate of drug-likeness (QED) is 0.612. The van der Waals surface area contributed by atoms with Crippen LogP contribution in [-0.4, -0.2) is 45.2 Å². The van der Waals surface area contributed by atoms with Gasteiger partial charge in [0, 0.05) is 13.1 Å². The second-order valence-corrected chi connectivity index (χ2v) is 7.95. The second-order valence-electron chi connectivity index (χ2n) is 5.86. The molecule has 0 fully saturated rings. The van der Waals surface area contributed by atoms with Gasteiger partial charge >= 0.3 is 0 Å². The van der Waals surface area contributed by atoms with Gasteiger partial charge < -0.3 is 5.32 Å². The van der Waals surface area contributed by atoms with Gasteiger partial charge in [-0.25, -0.2) is 8.42 Å². The minimum absolute atomic E-state index is 0.155. The van der Waals surface area contributed by atoms with E-state index >= 15 is 0 Å². The first-order valence-corrected chi connectivity index (χ1v) is 8.20. The largest absolute Gasteiger partial charge is 0.320 e. The van der Waals surface area contributed by atoms with Crippen molar-refractivity contribution < 1.29 is 8.42 Å². The summed E-state index contributed by atoms with van der Waals surface area (Å²) in [6.07, 6.45) is 3.61. The van der Waals surface area contributed by atoms with E-state index in [0.29, 0.717) is 19.5 Å². The number of hydrogen-bond donors (Lipinski definition) is 1. The Hall–Kier alpha value is -0.390. The lowest BCUT2D eigenvalue weighted by atomic mass is 9.83. The average Bonchev–Trinajstić information content (AvgIpc) is 2.28. The van der Waals surface area contributed by atoms with E-state index in [9.17, 15) is 8.42 Å². The highest BCUT2D eigenvalue weighted by atomic mass is 32.2. The van der Waals surface area contributed by atoms with Gasteiger partial charge in [0.25, 0.3) is 0 Å². The molecule has 1 aliphatic rings. The molecule has 1 N–H and O–H groups in total. The van der Waals surface area contributed by atoms with Crippen LogP contribution < -0.4 is 5.32 Å². The molecular weight excluding hydrogens is 248 g/mol. The van der Waals surface area contributed by atoms with Crippen LogP contribution in [0.25, 0.3) is 0 Å². The fourth-order valence-electron chi connectivity index (χ4n) is 2.14. The maximum absolute atomic E-state index is 12.1. The van der Waals surface area contributed by atoms with Gasteiger partial charge in [-0.05, 0) is 31.8 Å². The Morgan fingerprint density at radius 2 is 2.06 bits per heavy atom. The molecule has 106 valence electrons. The zero-order chi connectivity index (χ0) is 13.8. The molecule has 1 aliphatic heterocycles. The third kappa shape index (κ3) is 4.37. The van der Waals surface area contributed by atoms with Crippen LogP contribution in [0.5, 0.6) is 0 Å². The van der Waals surface area contributed by atoms with Crippen molar-refractivity contribution in [2.45, 2.75) is 33.6 Å². The summed E-state index contributed by atoms with van der Waals surface area (Å²) >= 11 is 0. The van der Waals surface area contributed by atoms with Crippen LogP contribution in [0, 0.1) is 5.41 Å². The van der Waals surface area contributed by atoms with Crippen molar-refractivity contribution in [1.82, 2.24) is 9.62 Å². The van der Waals surface area contributed by atoms with E-state index < -0.39 is 10.0 Å². The number of rotatable bonds is 5. The number of nitrogens with zero attached hydrogens (tertiary/aromatic N) is 1. The smallest absolute Gasteiger partial charge is 0.214 e. The highest BCUT2D eigenvalue weighted by Crippen LogP contribution is 2.30. The van der Waals surface area contributed by atoms with Crippen LogP contribution in [0.2, 0.25) is 0 Å². The fourth-order valence-corrected chi connectivity index (χ4v) is 3.58. The zero-order valence-electron chi connectivity index (χ0n) is 12.0. The Labute approximate surface area is 111 Å². The Morgan fingerprint density at radius 3 is 2.50 bits per heavy atom. The summed E-state index contributed by atoms with van der Waals surface area (Å²) in [6.45, 7) is 8.44. The van der Waals surface area contributed by atoms with Gasteiger partial charge in [-0.15, -0.1) is 0 Å². The zero-order valence-corrected chi connectivity index (χ0v) is 12.8. The van der Waals surface area contributed by atoms with Crippen LogP contribution >= 0.6 is 0 Å². The fraction of sp³-hybridized carbons (Fsp3) is 0.846. The molecule has 0 aromatic carbocycles. The van der Waals surface area contributed by atoms with Crippen LogP contribution in [0.3, 0.4) is 0 Å². The number of sulfonamides is 1. The molecule has 0 saturated heterocycles. The summed E-state index contributed by atoms with van der Waals surface area (Å²) in [5.41, 5.74) is 1.52. The van der Waals surface area contributed by atoms with Gasteiger partial charge in [0.15, 0.2) is 0 Å². The summed E-state index contributed by atoms with van der Waals surface area (Å²) < 4.78 is 25.8. The maximum atomic E-state index is 12.1. The van der Waals surface area contributed by atoms with Crippen molar-refractivity contribution in [2.24, 2.45) is 5.41 Å². The first-order valence-electron chi connectivity index (χ1n) is 6.59. The summed E-state index contributed by atoms with van der Waals surface area (Å²) in [5, 5.41) is 2.98. The van der Waals surface area contributed by atoms with Crippen LogP contribution in [-0.2, 0) is 10.0 Å². The third-order valence-electron chi connectivity index (χ3n) is 3.36. The van der Waals surface area contributed by atoms with E-state index in [1.165, 1.54) is 5.57 Å². The summed E-state index contributed by atoms with van der Waals surface area (Å²) in [5.74, 6) is 0.243. The van der Waals surface area contributed by atoms with E-state index in [4.69, 9.17) is 0 Å². The van der Waals surface area contributed by atoms with Crippen molar-refractivity contribution >= 4 is 10.0 Å². The minimum Gasteiger partial charge on any atom is -0.320 e. The average molecular weight is 274 g/mol. The molecule has 0 saturated carbocycles.